The van der Waals surface area contributed by atoms with Crippen molar-refractivity contribution < 1.29 is 26.0 Å². The lowest BCUT2D eigenvalue weighted by Crippen LogP contribution is -2.19. The summed E-state index contributed by atoms with van der Waals surface area (Å²) in [5, 5.41) is 5.70. The maximum Gasteiger partial charge on any atom is 0.417 e. The van der Waals surface area contributed by atoms with E-state index in [0.717, 1.165) is 36.7 Å². The highest BCUT2D eigenvalue weighted by Crippen LogP contribution is 2.36. The summed E-state index contributed by atoms with van der Waals surface area (Å²) in [5.74, 6) is -0.701. The SMILES string of the molecule is O=S(=O)(Nc1ccc(F)c(-c2ncn[nH]2)c1)c1ccc(Cl)cc1C(F)(F)F. The molecule has 1 heterocycles. The standard InChI is InChI=1S/C15H9ClF4N4O2S/c16-8-1-4-13(11(5-8)15(18,19)20)27(25,26)24-9-2-3-12(17)10(6-9)14-21-7-22-23-14/h1-7,24H,(H,21,22,23). The van der Waals surface area contributed by atoms with E-state index in [1.165, 1.54) is 0 Å². The molecule has 3 aromatic rings. The van der Waals surface area contributed by atoms with Crippen LogP contribution in [-0.4, -0.2) is 23.6 Å². The maximum absolute atomic E-state index is 13.9. The van der Waals surface area contributed by atoms with Gasteiger partial charge in [0.25, 0.3) is 10.0 Å². The average Bonchev–Trinajstić information content (AvgIpc) is 3.09. The molecule has 0 atom stereocenters. The van der Waals surface area contributed by atoms with Gasteiger partial charge in [-0.05, 0) is 36.4 Å². The van der Waals surface area contributed by atoms with Crippen molar-refractivity contribution in [2.45, 2.75) is 11.1 Å². The van der Waals surface area contributed by atoms with Crippen molar-refractivity contribution in [2.75, 3.05) is 4.72 Å². The molecule has 0 spiro atoms. The number of hydrogen-bond donors (Lipinski definition) is 2. The lowest BCUT2D eigenvalue weighted by Gasteiger charge is -2.15. The van der Waals surface area contributed by atoms with E-state index in [4.69, 9.17) is 11.6 Å². The van der Waals surface area contributed by atoms with Crippen molar-refractivity contribution in [3.63, 3.8) is 0 Å². The molecule has 142 valence electrons. The Hall–Kier alpha value is -2.66. The van der Waals surface area contributed by atoms with Crippen LogP contribution in [0.5, 0.6) is 0 Å². The third-order valence-corrected chi connectivity index (χ3v) is 5.10. The van der Waals surface area contributed by atoms with Gasteiger partial charge in [0.2, 0.25) is 0 Å². The first-order valence-corrected chi connectivity index (χ1v) is 8.99. The Labute approximate surface area is 155 Å². The molecule has 0 unspecified atom stereocenters. The van der Waals surface area contributed by atoms with Crippen LogP contribution in [-0.2, 0) is 16.2 Å². The Balaban J connectivity index is 2.03. The van der Waals surface area contributed by atoms with Crippen LogP contribution >= 0.6 is 11.6 Å². The largest absolute Gasteiger partial charge is 0.417 e. The average molecular weight is 421 g/mol. The summed E-state index contributed by atoms with van der Waals surface area (Å²) in [5.41, 5.74) is -1.69. The maximum atomic E-state index is 13.9. The second-order valence-electron chi connectivity index (χ2n) is 5.27. The van der Waals surface area contributed by atoms with E-state index in [-0.39, 0.29) is 22.1 Å². The van der Waals surface area contributed by atoms with E-state index >= 15 is 0 Å². The molecule has 0 fully saturated rings. The van der Waals surface area contributed by atoms with Gasteiger partial charge in [0.15, 0.2) is 5.82 Å². The predicted molar refractivity (Wildman–Crippen MR) is 89.0 cm³/mol. The molecule has 0 aliphatic heterocycles. The third-order valence-electron chi connectivity index (χ3n) is 3.43. The van der Waals surface area contributed by atoms with Gasteiger partial charge in [-0.3, -0.25) is 9.82 Å². The molecule has 0 saturated carbocycles. The highest BCUT2D eigenvalue weighted by Gasteiger charge is 2.37. The number of aromatic nitrogens is 3. The highest BCUT2D eigenvalue weighted by atomic mass is 35.5. The van der Waals surface area contributed by atoms with Crippen LogP contribution in [0.2, 0.25) is 5.02 Å². The molecule has 0 amide bonds. The highest BCUT2D eigenvalue weighted by molar-refractivity contribution is 7.92. The van der Waals surface area contributed by atoms with Crippen molar-refractivity contribution in [1.82, 2.24) is 15.2 Å². The van der Waals surface area contributed by atoms with Crippen molar-refractivity contribution >= 4 is 27.3 Å². The number of nitrogens with one attached hydrogen (secondary N) is 2. The molecule has 6 nitrogen and oxygen atoms in total. The fourth-order valence-corrected chi connectivity index (χ4v) is 3.70. The fourth-order valence-electron chi connectivity index (χ4n) is 2.27. The first-order chi connectivity index (χ1) is 12.6. The number of hydrogen-bond acceptors (Lipinski definition) is 4. The van der Waals surface area contributed by atoms with Gasteiger partial charge in [-0.25, -0.2) is 17.8 Å². The van der Waals surface area contributed by atoms with E-state index in [1.54, 1.807) is 0 Å². The Kier molecular flexibility index (Phi) is 4.82. The van der Waals surface area contributed by atoms with E-state index in [2.05, 4.69) is 15.2 Å². The molecule has 27 heavy (non-hydrogen) atoms. The van der Waals surface area contributed by atoms with Gasteiger partial charge in [-0.1, -0.05) is 11.6 Å². The van der Waals surface area contributed by atoms with Crippen molar-refractivity contribution in [1.29, 1.82) is 0 Å². The van der Waals surface area contributed by atoms with E-state index < -0.39 is 32.5 Å². The number of benzene rings is 2. The Morgan fingerprint density at radius 3 is 2.48 bits per heavy atom. The second kappa shape index (κ2) is 6.82. The number of nitrogens with zero attached hydrogens (tertiary/aromatic N) is 2. The minimum Gasteiger partial charge on any atom is -0.280 e. The molecule has 0 aliphatic rings. The lowest BCUT2D eigenvalue weighted by molar-refractivity contribution is -0.139. The summed E-state index contributed by atoms with van der Waals surface area (Å²) in [6, 6.07) is 5.37. The fraction of sp³-hybridized carbons (Fsp3) is 0.0667. The van der Waals surface area contributed by atoms with Gasteiger partial charge >= 0.3 is 6.18 Å². The Morgan fingerprint density at radius 2 is 1.85 bits per heavy atom. The monoisotopic (exact) mass is 420 g/mol. The van der Waals surface area contributed by atoms with Crippen LogP contribution in [0.25, 0.3) is 11.4 Å². The molecule has 0 bridgehead atoms. The van der Waals surface area contributed by atoms with Crippen molar-refractivity contribution in [2.24, 2.45) is 0 Å². The zero-order chi connectivity index (χ0) is 19.8. The van der Waals surface area contributed by atoms with Gasteiger partial charge < -0.3 is 0 Å². The van der Waals surface area contributed by atoms with E-state index in [9.17, 15) is 26.0 Å². The lowest BCUT2D eigenvalue weighted by atomic mass is 10.2. The van der Waals surface area contributed by atoms with Gasteiger partial charge in [-0.2, -0.15) is 18.3 Å². The quantitative estimate of drug-likeness (QED) is 0.622. The molecule has 0 saturated heterocycles. The molecule has 3 rings (SSSR count). The molecule has 0 radical (unpaired) electrons. The normalized spacial score (nSPS) is 12.2. The molecule has 2 N–H and O–H groups in total. The van der Waals surface area contributed by atoms with E-state index in [1.807, 2.05) is 4.72 Å². The smallest absolute Gasteiger partial charge is 0.280 e. The van der Waals surface area contributed by atoms with Crippen LogP contribution in [0.4, 0.5) is 23.2 Å². The predicted octanol–water partition coefficient (Wildman–Crippen LogP) is 4.08. The number of aromatic amines is 1. The summed E-state index contributed by atoms with van der Waals surface area (Å²) >= 11 is 5.56. The number of halogens is 5. The molecular weight excluding hydrogens is 412 g/mol. The zero-order valence-electron chi connectivity index (χ0n) is 13.1. The number of sulfonamides is 1. The van der Waals surface area contributed by atoms with Crippen LogP contribution in [0.15, 0.2) is 47.6 Å². The Morgan fingerprint density at radius 1 is 1.11 bits per heavy atom. The summed E-state index contributed by atoms with van der Waals surface area (Å²) in [7, 11) is -4.64. The second-order valence-corrected chi connectivity index (χ2v) is 7.36. The summed E-state index contributed by atoms with van der Waals surface area (Å²) in [4.78, 5) is 2.74. The van der Waals surface area contributed by atoms with Gasteiger partial charge in [0, 0.05) is 10.7 Å². The van der Waals surface area contributed by atoms with Crippen molar-refractivity contribution in [3.8, 4) is 11.4 Å². The van der Waals surface area contributed by atoms with Gasteiger partial charge in [0.1, 0.15) is 12.1 Å². The number of H-pyrrole nitrogens is 1. The minimum absolute atomic E-state index is 0.0241. The minimum atomic E-state index is -4.94. The molecule has 1 aromatic heterocycles. The van der Waals surface area contributed by atoms with Gasteiger partial charge in [0.05, 0.1) is 16.0 Å². The summed E-state index contributed by atoms with van der Waals surface area (Å²) in [6.07, 6.45) is -3.82. The number of anilines is 1. The van der Waals surface area contributed by atoms with Crippen LogP contribution in [0, 0.1) is 5.82 Å². The Bertz CT molecular complexity index is 1090. The first-order valence-electron chi connectivity index (χ1n) is 7.13. The van der Waals surface area contributed by atoms with Crippen LogP contribution in [0.3, 0.4) is 0 Å². The number of alkyl halides is 3. The topological polar surface area (TPSA) is 87.7 Å². The first kappa shape index (κ1) is 19.1. The van der Waals surface area contributed by atoms with Crippen LogP contribution in [0.1, 0.15) is 5.56 Å². The summed E-state index contributed by atoms with van der Waals surface area (Å²) < 4.78 is 80.4. The van der Waals surface area contributed by atoms with Crippen molar-refractivity contribution in [3.05, 3.63) is 59.1 Å². The molecule has 0 aliphatic carbocycles. The van der Waals surface area contributed by atoms with E-state index in [0.29, 0.717) is 6.07 Å². The third kappa shape index (κ3) is 4.03. The van der Waals surface area contributed by atoms with Gasteiger partial charge in [-0.15, -0.1) is 0 Å². The number of rotatable bonds is 4. The summed E-state index contributed by atoms with van der Waals surface area (Å²) in [6.45, 7) is 0. The molecule has 2 aromatic carbocycles. The van der Waals surface area contributed by atoms with Crippen LogP contribution < -0.4 is 4.72 Å². The zero-order valence-corrected chi connectivity index (χ0v) is 14.6. The molecular formula is C15H9ClF4N4O2S. The molecule has 12 heteroatoms.